The van der Waals surface area contributed by atoms with Crippen molar-refractivity contribution in [2.24, 2.45) is 5.41 Å². The highest BCUT2D eigenvalue weighted by molar-refractivity contribution is 5.75. The van der Waals surface area contributed by atoms with Crippen LogP contribution >= 0.6 is 0 Å². The van der Waals surface area contributed by atoms with E-state index in [-0.39, 0.29) is 0 Å². The molecule has 0 aliphatic carbocycles. The first-order chi connectivity index (χ1) is 8.14. The quantitative estimate of drug-likeness (QED) is 0.664. The van der Waals surface area contributed by atoms with E-state index in [9.17, 15) is 9.90 Å². The summed E-state index contributed by atoms with van der Waals surface area (Å²) in [4.78, 5) is 13.6. The van der Waals surface area contributed by atoms with Gasteiger partial charge in [0.25, 0.3) is 0 Å². The Hall–Kier alpha value is -0.570. The summed E-state index contributed by atoms with van der Waals surface area (Å²) in [5.41, 5.74) is -0.455. The second-order valence-corrected chi connectivity index (χ2v) is 5.38. The molecule has 0 aromatic carbocycles. The molecule has 0 bridgehead atoms. The van der Waals surface area contributed by atoms with Crippen molar-refractivity contribution in [1.29, 1.82) is 0 Å². The van der Waals surface area contributed by atoms with E-state index in [0.29, 0.717) is 0 Å². The minimum Gasteiger partial charge on any atom is -0.481 e. The molecule has 1 saturated heterocycles. The van der Waals surface area contributed by atoms with Crippen LogP contribution in [0, 0.1) is 5.41 Å². The summed E-state index contributed by atoms with van der Waals surface area (Å²) in [5.74, 6) is -0.603. The van der Waals surface area contributed by atoms with Crippen LogP contribution in [-0.4, -0.2) is 35.6 Å². The lowest BCUT2D eigenvalue weighted by Crippen LogP contribution is -2.34. The van der Waals surface area contributed by atoms with Gasteiger partial charge < -0.3 is 10.0 Å². The fourth-order valence-electron chi connectivity index (χ4n) is 2.70. The fourth-order valence-corrected chi connectivity index (χ4v) is 2.70. The number of carboxylic acids is 1. The van der Waals surface area contributed by atoms with Gasteiger partial charge in [-0.05, 0) is 32.4 Å². The van der Waals surface area contributed by atoms with Gasteiger partial charge in [-0.3, -0.25) is 4.79 Å². The third-order valence-electron chi connectivity index (χ3n) is 4.14. The Morgan fingerprint density at radius 1 is 1.24 bits per heavy atom. The SMILES string of the molecule is CCCCCCCN1CCC(CC)(C(=O)O)C1. The van der Waals surface area contributed by atoms with E-state index in [1.165, 1.54) is 32.1 Å². The predicted octanol–water partition coefficient (Wildman–Crippen LogP) is 3.14. The standard InChI is InChI=1S/C14H27NO2/c1-3-5-6-7-8-10-15-11-9-14(4-2,12-15)13(16)17/h3-12H2,1-2H3,(H,16,17). The Morgan fingerprint density at radius 2 is 1.94 bits per heavy atom. The number of likely N-dealkylation sites (tertiary alicyclic amines) is 1. The van der Waals surface area contributed by atoms with Gasteiger partial charge in [-0.1, -0.05) is 39.5 Å². The van der Waals surface area contributed by atoms with Gasteiger partial charge in [-0.25, -0.2) is 0 Å². The lowest BCUT2D eigenvalue weighted by Gasteiger charge is -2.23. The van der Waals surface area contributed by atoms with Gasteiger partial charge in [-0.15, -0.1) is 0 Å². The molecule has 1 unspecified atom stereocenters. The minimum absolute atomic E-state index is 0.455. The second kappa shape index (κ2) is 7.00. The maximum absolute atomic E-state index is 11.3. The van der Waals surface area contributed by atoms with Crippen LogP contribution in [0.2, 0.25) is 0 Å². The Balaban J connectivity index is 2.23. The molecule has 1 atom stereocenters. The number of carbonyl (C=O) groups is 1. The molecule has 1 rings (SSSR count). The van der Waals surface area contributed by atoms with Crippen molar-refractivity contribution in [2.75, 3.05) is 19.6 Å². The van der Waals surface area contributed by atoms with Crippen molar-refractivity contribution >= 4 is 5.97 Å². The minimum atomic E-state index is -0.603. The largest absolute Gasteiger partial charge is 0.481 e. The van der Waals surface area contributed by atoms with Crippen LogP contribution < -0.4 is 0 Å². The molecular formula is C14H27NO2. The molecule has 1 N–H and O–H groups in total. The first kappa shape index (κ1) is 14.5. The van der Waals surface area contributed by atoms with Crippen LogP contribution in [0.4, 0.5) is 0 Å². The molecule has 1 fully saturated rings. The Kier molecular flexibility index (Phi) is 5.96. The molecule has 1 aliphatic rings. The van der Waals surface area contributed by atoms with Gasteiger partial charge in [-0.2, -0.15) is 0 Å². The van der Waals surface area contributed by atoms with E-state index in [1.54, 1.807) is 0 Å². The molecule has 3 heteroatoms. The van der Waals surface area contributed by atoms with Crippen molar-refractivity contribution in [2.45, 2.75) is 58.8 Å². The zero-order valence-electron chi connectivity index (χ0n) is 11.4. The Labute approximate surface area is 105 Å². The highest BCUT2D eigenvalue weighted by Crippen LogP contribution is 2.34. The van der Waals surface area contributed by atoms with Crippen LogP contribution in [0.1, 0.15) is 58.8 Å². The number of rotatable bonds is 8. The predicted molar refractivity (Wildman–Crippen MR) is 70.2 cm³/mol. The molecule has 1 heterocycles. The zero-order valence-corrected chi connectivity index (χ0v) is 11.4. The van der Waals surface area contributed by atoms with Gasteiger partial charge in [0, 0.05) is 6.54 Å². The third kappa shape index (κ3) is 3.98. The van der Waals surface area contributed by atoms with Crippen molar-refractivity contribution in [3.63, 3.8) is 0 Å². The summed E-state index contributed by atoms with van der Waals surface area (Å²) in [6.07, 6.45) is 8.02. The summed E-state index contributed by atoms with van der Waals surface area (Å²) < 4.78 is 0. The van der Waals surface area contributed by atoms with Gasteiger partial charge >= 0.3 is 5.97 Å². The monoisotopic (exact) mass is 241 g/mol. The van der Waals surface area contributed by atoms with Gasteiger partial charge in [0.05, 0.1) is 5.41 Å². The number of hydrogen-bond acceptors (Lipinski definition) is 2. The molecule has 1 aliphatic heterocycles. The number of aliphatic carboxylic acids is 1. The maximum atomic E-state index is 11.3. The average molecular weight is 241 g/mol. The molecule has 3 nitrogen and oxygen atoms in total. The summed E-state index contributed by atoms with van der Waals surface area (Å²) in [6.45, 7) is 7.03. The van der Waals surface area contributed by atoms with Crippen LogP contribution in [0.3, 0.4) is 0 Å². The topological polar surface area (TPSA) is 40.5 Å². The smallest absolute Gasteiger partial charge is 0.310 e. The average Bonchev–Trinajstić information content (AvgIpc) is 2.74. The van der Waals surface area contributed by atoms with Crippen LogP contribution in [0.5, 0.6) is 0 Å². The molecule has 0 spiro atoms. The number of carboxylic acid groups (broad SMARTS) is 1. The molecule has 100 valence electrons. The van der Waals surface area contributed by atoms with Crippen LogP contribution in [0.25, 0.3) is 0 Å². The van der Waals surface area contributed by atoms with Gasteiger partial charge in [0.1, 0.15) is 0 Å². The molecular weight excluding hydrogens is 214 g/mol. The summed E-state index contributed by atoms with van der Waals surface area (Å²) >= 11 is 0. The van der Waals surface area contributed by atoms with E-state index < -0.39 is 11.4 Å². The van der Waals surface area contributed by atoms with Crippen LogP contribution in [-0.2, 0) is 4.79 Å². The Bertz CT molecular complexity index is 242. The molecule has 0 saturated carbocycles. The van der Waals surface area contributed by atoms with E-state index >= 15 is 0 Å². The number of nitrogens with zero attached hydrogens (tertiary/aromatic N) is 1. The molecule has 17 heavy (non-hydrogen) atoms. The molecule has 0 aromatic rings. The summed E-state index contributed by atoms with van der Waals surface area (Å²) in [7, 11) is 0. The highest BCUT2D eigenvalue weighted by Gasteiger charge is 2.42. The van der Waals surface area contributed by atoms with E-state index in [1.807, 2.05) is 6.92 Å². The lowest BCUT2D eigenvalue weighted by molar-refractivity contribution is -0.148. The summed E-state index contributed by atoms with van der Waals surface area (Å²) in [5, 5.41) is 9.30. The third-order valence-corrected chi connectivity index (χ3v) is 4.14. The van der Waals surface area contributed by atoms with Crippen molar-refractivity contribution in [3.8, 4) is 0 Å². The highest BCUT2D eigenvalue weighted by atomic mass is 16.4. The first-order valence-electron chi connectivity index (χ1n) is 7.10. The lowest BCUT2D eigenvalue weighted by atomic mass is 9.84. The Morgan fingerprint density at radius 3 is 2.47 bits per heavy atom. The van der Waals surface area contributed by atoms with Crippen LogP contribution in [0.15, 0.2) is 0 Å². The molecule has 0 amide bonds. The first-order valence-corrected chi connectivity index (χ1v) is 7.10. The fraction of sp³-hybridized carbons (Fsp3) is 0.929. The van der Waals surface area contributed by atoms with E-state index in [2.05, 4.69) is 11.8 Å². The summed E-state index contributed by atoms with van der Waals surface area (Å²) in [6, 6.07) is 0. The van der Waals surface area contributed by atoms with Crippen molar-refractivity contribution in [3.05, 3.63) is 0 Å². The van der Waals surface area contributed by atoms with Crippen molar-refractivity contribution < 1.29 is 9.90 Å². The maximum Gasteiger partial charge on any atom is 0.310 e. The molecule has 0 radical (unpaired) electrons. The van der Waals surface area contributed by atoms with E-state index in [0.717, 1.165) is 32.5 Å². The van der Waals surface area contributed by atoms with E-state index in [4.69, 9.17) is 0 Å². The normalized spacial score (nSPS) is 25.3. The van der Waals surface area contributed by atoms with Crippen molar-refractivity contribution in [1.82, 2.24) is 4.90 Å². The number of unbranched alkanes of at least 4 members (excludes halogenated alkanes) is 4. The second-order valence-electron chi connectivity index (χ2n) is 5.38. The molecule has 0 aromatic heterocycles. The van der Waals surface area contributed by atoms with Gasteiger partial charge in [0.2, 0.25) is 0 Å². The van der Waals surface area contributed by atoms with Gasteiger partial charge in [0.15, 0.2) is 0 Å². The zero-order chi connectivity index (χ0) is 12.7. The number of hydrogen-bond donors (Lipinski definition) is 1.